The van der Waals surface area contributed by atoms with Crippen LogP contribution in [0.4, 0.5) is 18.0 Å². The Kier molecular flexibility index (Phi) is 5.94. The van der Waals surface area contributed by atoms with Gasteiger partial charge in [-0.25, -0.2) is 9.78 Å². The van der Waals surface area contributed by atoms with Crippen molar-refractivity contribution in [3.63, 3.8) is 0 Å². The Morgan fingerprint density at radius 2 is 2.00 bits per heavy atom. The molecule has 0 aromatic carbocycles. The zero-order chi connectivity index (χ0) is 18.7. The highest BCUT2D eigenvalue weighted by Gasteiger charge is 2.57. The fourth-order valence-corrected chi connectivity index (χ4v) is 2.96. The summed E-state index contributed by atoms with van der Waals surface area (Å²) < 4.78 is 41.1. The van der Waals surface area contributed by atoms with E-state index in [1.54, 1.807) is 0 Å². The van der Waals surface area contributed by atoms with Crippen molar-refractivity contribution in [1.29, 1.82) is 0 Å². The lowest BCUT2D eigenvalue weighted by atomic mass is 9.93. The monoisotopic (exact) mass is 364 g/mol. The van der Waals surface area contributed by atoms with Crippen molar-refractivity contribution in [2.75, 3.05) is 6.54 Å². The summed E-state index contributed by atoms with van der Waals surface area (Å²) in [4.78, 5) is 15.4. The molecular formula is C15H23F3N4O3. The Hall–Kier alpha value is -1.81. The van der Waals surface area contributed by atoms with Crippen LogP contribution in [0.2, 0.25) is 0 Å². The van der Waals surface area contributed by atoms with Crippen LogP contribution in [0.3, 0.4) is 0 Å². The number of rotatable bonds is 5. The van der Waals surface area contributed by atoms with Gasteiger partial charge in [0, 0.05) is 38.4 Å². The summed E-state index contributed by atoms with van der Waals surface area (Å²) in [5.74, 6) is -0.525. The summed E-state index contributed by atoms with van der Waals surface area (Å²) in [6.45, 7) is -0.371. The topological polar surface area (TPSA) is 99.4 Å². The third-order valence-corrected chi connectivity index (χ3v) is 4.46. The second-order valence-electron chi connectivity index (χ2n) is 6.38. The van der Waals surface area contributed by atoms with Crippen molar-refractivity contribution < 1.29 is 28.2 Å². The second kappa shape index (κ2) is 7.61. The third-order valence-electron chi connectivity index (χ3n) is 4.46. The molecule has 1 heterocycles. The summed E-state index contributed by atoms with van der Waals surface area (Å²) in [6.07, 6.45) is -1.16. The Morgan fingerprint density at radius 1 is 1.36 bits per heavy atom. The first-order valence-electron chi connectivity index (χ1n) is 8.13. The van der Waals surface area contributed by atoms with Crippen molar-refractivity contribution in [2.24, 2.45) is 7.05 Å². The lowest BCUT2D eigenvalue weighted by Gasteiger charge is -2.30. The number of aliphatic hydroxyl groups is 2. The second-order valence-corrected chi connectivity index (χ2v) is 6.38. The molecule has 1 aromatic rings. The van der Waals surface area contributed by atoms with E-state index in [1.165, 1.54) is 19.4 Å². The lowest BCUT2D eigenvalue weighted by Crippen LogP contribution is -2.49. The van der Waals surface area contributed by atoms with Crippen LogP contribution in [-0.2, 0) is 12.6 Å². The van der Waals surface area contributed by atoms with E-state index in [1.807, 2.05) is 0 Å². The summed E-state index contributed by atoms with van der Waals surface area (Å²) in [5, 5.41) is 24.6. The van der Waals surface area contributed by atoms with Crippen molar-refractivity contribution in [1.82, 2.24) is 20.2 Å². The molecule has 1 atom stereocenters. The van der Waals surface area contributed by atoms with E-state index < -0.39 is 30.1 Å². The highest BCUT2D eigenvalue weighted by Crippen LogP contribution is 2.40. The number of amides is 2. The fourth-order valence-electron chi connectivity index (χ4n) is 2.96. The molecule has 1 aliphatic carbocycles. The molecule has 0 saturated heterocycles. The predicted octanol–water partition coefficient (Wildman–Crippen LogP) is 1.16. The van der Waals surface area contributed by atoms with Crippen LogP contribution in [0, 0.1) is 0 Å². The van der Waals surface area contributed by atoms with Crippen LogP contribution in [0.15, 0.2) is 12.4 Å². The van der Waals surface area contributed by atoms with Gasteiger partial charge in [0.1, 0.15) is 5.82 Å². The molecule has 0 aliphatic heterocycles. The van der Waals surface area contributed by atoms with Gasteiger partial charge in [0.25, 0.3) is 0 Å². The number of hydrogen-bond acceptors (Lipinski definition) is 4. The number of aryl methyl sites for hydroxylation is 1. The molecule has 0 spiro atoms. The maximum atomic E-state index is 13.3. The van der Waals surface area contributed by atoms with Gasteiger partial charge in [0.05, 0.1) is 6.10 Å². The molecule has 0 radical (unpaired) electrons. The largest absolute Gasteiger partial charge is 0.424 e. The Bertz CT molecular complexity index is 585. The maximum Gasteiger partial charge on any atom is 0.424 e. The van der Waals surface area contributed by atoms with Gasteiger partial charge in [-0.3, -0.25) is 0 Å². The van der Waals surface area contributed by atoms with Gasteiger partial charge >= 0.3 is 12.2 Å². The molecule has 1 unspecified atom stereocenters. The molecule has 7 nitrogen and oxygen atoms in total. The van der Waals surface area contributed by atoms with Crippen LogP contribution in [-0.4, -0.2) is 50.7 Å². The van der Waals surface area contributed by atoms with E-state index in [0.29, 0.717) is 25.7 Å². The van der Waals surface area contributed by atoms with Gasteiger partial charge in [-0.15, -0.1) is 0 Å². The summed E-state index contributed by atoms with van der Waals surface area (Å²) >= 11 is 0. The van der Waals surface area contributed by atoms with Crippen LogP contribution in [0.5, 0.6) is 0 Å². The average molecular weight is 364 g/mol. The van der Waals surface area contributed by atoms with Gasteiger partial charge in [-0.05, 0) is 25.7 Å². The van der Waals surface area contributed by atoms with E-state index in [4.69, 9.17) is 0 Å². The predicted molar refractivity (Wildman–Crippen MR) is 82.6 cm³/mol. The van der Waals surface area contributed by atoms with Gasteiger partial charge in [0.2, 0.25) is 5.60 Å². The average Bonchev–Trinajstić information content (AvgIpc) is 2.95. The zero-order valence-electron chi connectivity index (χ0n) is 13.9. The number of imidazole rings is 1. The molecular weight excluding hydrogens is 341 g/mol. The lowest BCUT2D eigenvalue weighted by molar-refractivity contribution is -0.272. The zero-order valence-corrected chi connectivity index (χ0v) is 13.9. The van der Waals surface area contributed by atoms with Crippen molar-refractivity contribution in [2.45, 2.75) is 56.0 Å². The van der Waals surface area contributed by atoms with Gasteiger partial charge in [-0.2, -0.15) is 13.2 Å². The van der Waals surface area contributed by atoms with Gasteiger partial charge < -0.3 is 25.4 Å². The van der Waals surface area contributed by atoms with E-state index in [0.717, 1.165) is 4.57 Å². The van der Waals surface area contributed by atoms with E-state index >= 15 is 0 Å². The molecule has 25 heavy (non-hydrogen) atoms. The van der Waals surface area contributed by atoms with E-state index in [-0.39, 0.29) is 18.7 Å². The summed E-state index contributed by atoms with van der Waals surface area (Å²) in [5.41, 5.74) is -3.15. The number of hydrogen-bond donors (Lipinski definition) is 4. The summed E-state index contributed by atoms with van der Waals surface area (Å²) in [7, 11) is 1.36. The third kappa shape index (κ3) is 4.63. The molecule has 0 bridgehead atoms. The van der Waals surface area contributed by atoms with Crippen LogP contribution < -0.4 is 10.6 Å². The maximum absolute atomic E-state index is 13.3. The number of alkyl halides is 3. The number of aromatic nitrogens is 2. The van der Waals surface area contributed by atoms with Crippen LogP contribution in [0.1, 0.15) is 37.9 Å². The number of carbonyl (C=O) groups is 1. The number of carbonyl (C=O) groups excluding carboxylic acids is 1. The number of nitrogens with one attached hydrogen (secondary N) is 2. The quantitative estimate of drug-likeness (QED) is 0.630. The first kappa shape index (κ1) is 19.5. The van der Waals surface area contributed by atoms with Gasteiger partial charge in [0.15, 0.2) is 0 Å². The molecule has 4 N–H and O–H groups in total. The first-order valence-corrected chi connectivity index (χ1v) is 8.13. The smallest absolute Gasteiger partial charge is 0.393 e. The number of aliphatic hydroxyl groups excluding tert-OH is 1. The van der Waals surface area contributed by atoms with Crippen molar-refractivity contribution in [3.8, 4) is 0 Å². The van der Waals surface area contributed by atoms with Crippen LogP contribution >= 0.6 is 0 Å². The molecule has 2 amide bonds. The number of nitrogens with zero attached hydrogens (tertiary/aromatic N) is 2. The highest BCUT2D eigenvalue weighted by atomic mass is 19.4. The number of halogens is 3. The molecule has 1 saturated carbocycles. The van der Waals surface area contributed by atoms with Gasteiger partial charge in [-0.1, -0.05) is 0 Å². The first-order chi connectivity index (χ1) is 11.6. The van der Waals surface area contributed by atoms with E-state index in [2.05, 4.69) is 15.6 Å². The molecule has 142 valence electrons. The standard InChI is InChI=1S/C15H23F3N4O3/c1-22-9-8-19-12(22)14(25,15(16,17)18)6-7-20-13(24)21-10-2-4-11(23)5-3-10/h8-11,23,25H,2-7H2,1H3,(H2,20,21,24). The molecule has 1 fully saturated rings. The molecule has 10 heteroatoms. The minimum Gasteiger partial charge on any atom is -0.393 e. The van der Waals surface area contributed by atoms with E-state index in [9.17, 15) is 28.2 Å². The fraction of sp³-hybridized carbons (Fsp3) is 0.733. The molecule has 1 aliphatic rings. The minimum atomic E-state index is -4.93. The highest BCUT2D eigenvalue weighted by molar-refractivity contribution is 5.74. The van der Waals surface area contributed by atoms with Crippen molar-refractivity contribution in [3.05, 3.63) is 18.2 Å². The Balaban J connectivity index is 1.89. The molecule has 1 aromatic heterocycles. The Labute approximate surface area is 143 Å². The minimum absolute atomic E-state index is 0.112. The Morgan fingerprint density at radius 3 is 2.52 bits per heavy atom. The van der Waals surface area contributed by atoms with Crippen LogP contribution in [0.25, 0.3) is 0 Å². The van der Waals surface area contributed by atoms with Crippen molar-refractivity contribution >= 4 is 6.03 Å². The molecule has 2 rings (SSSR count). The summed E-state index contributed by atoms with van der Waals surface area (Å²) in [6, 6.07) is -0.704. The number of urea groups is 1. The SMILES string of the molecule is Cn1ccnc1C(O)(CCNC(=O)NC1CCC(O)CC1)C(F)(F)F. The normalized spacial score (nSPS) is 23.8.